The molecule has 94 valence electrons. The van der Waals surface area contributed by atoms with Crippen LogP contribution in [-0.4, -0.2) is 11.7 Å². The van der Waals surface area contributed by atoms with Crippen molar-refractivity contribution in [2.45, 2.75) is 20.3 Å². The Bertz CT molecular complexity index is 515. The number of carbonyl (C=O) groups excluding carboxylic acids is 1. The van der Waals surface area contributed by atoms with Crippen molar-refractivity contribution in [1.82, 2.24) is 0 Å². The summed E-state index contributed by atoms with van der Waals surface area (Å²) in [5.41, 5.74) is 1.71. The fraction of sp³-hybridized carbons (Fsp3) is 0.267. The van der Waals surface area contributed by atoms with Crippen molar-refractivity contribution < 1.29 is 9.53 Å². The van der Waals surface area contributed by atoms with Crippen LogP contribution >= 0.6 is 11.8 Å². The normalized spacial score (nSPS) is 17.1. The largest absolute Gasteiger partial charge is 0.493 e. The number of hydrogen-bond acceptors (Lipinski definition) is 3. The lowest BCUT2D eigenvalue weighted by Gasteiger charge is -2.06. The highest BCUT2D eigenvalue weighted by Crippen LogP contribution is 2.34. The van der Waals surface area contributed by atoms with E-state index in [4.69, 9.17) is 4.74 Å². The molecule has 1 aliphatic heterocycles. The monoisotopic (exact) mass is 260 g/mol. The molecule has 0 fully saturated rings. The summed E-state index contributed by atoms with van der Waals surface area (Å²) >= 11 is 1.33. The highest BCUT2D eigenvalue weighted by molar-refractivity contribution is 8.17. The van der Waals surface area contributed by atoms with E-state index >= 15 is 0 Å². The Hall–Kier alpha value is -1.48. The van der Waals surface area contributed by atoms with E-state index in [1.807, 2.05) is 43.3 Å². The number of rotatable bonds is 4. The van der Waals surface area contributed by atoms with Gasteiger partial charge >= 0.3 is 0 Å². The van der Waals surface area contributed by atoms with Crippen LogP contribution in [0.15, 0.2) is 40.8 Å². The van der Waals surface area contributed by atoms with Crippen molar-refractivity contribution in [3.63, 3.8) is 0 Å². The Kier molecular flexibility index (Phi) is 4.26. The van der Waals surface area contributed by atoms with Crippen molar-refractivity contribution in [3.8, 4) is 5.75 Å². The van der Waals surface area contributed by atoms with Crippen molar-refractivity contribution in [1.29, 1.82) is 0 Å². The van der Waals surface area contributed by atoms with Gasteiger partial charge in [0.1, 0.15) is 5.75 Å². The van der Waals surface area contributed by atoms with Crippen LogP contribution in [0, 0.1) is 0 Å². The number of ether oxygens (including phenoxy) is 1. The number of hydrogen-bond donors (Lipinski definition) is 0. The second kappa shape index (κ2) is 5.91. The van der Waals surface area contributed by atoms with Gasteiger partial charge in [-0.15, -0.1) is 0 Å². The molecule has 0 N–H and O–H groups in total. The van der Waals surface area contributed by atoms with Gasteiger partial charge in [0.05, 0.1) is 6.61 Å². The van der Waals surface area contributed by atoms with E-state index in [1.54, 1.807) is 0 Å². The summed E-state index contributed by atoms with van der Waals surface area (Å²) in [4.78, 5) is 12.9. The van der Waals surface area contributed by atoms with Crippen molar-refractivity contribution in [2.75, 3.05) is 6.61 Å². The van der Waals surface area contributed by atoms with E-state index in [1.165, 1.54) is 11.8 Å². The minimum absolute atomic E-state index is 0.123. The Labute approximate surface area is 112 Å². The van der Waals surface area contributed by atoms with Crippen LogP contribution in [-0.2, 0) is 4.79 Å². The summed E-state index contributed by atoms with van der Waals surface area (Å²) in [5, 5.41) is 0.123. The molecule has 18 heavy (non-hydrogen) atoms. The van der Waals surface area contributed by atoms with Gasteiger partial charge in [-0.05, 0) is 36.5 Å². The molecule has 1 aliphatic rings. The number of benzene rings is 1. The maximum atomic E-state index is 11.8. The minimum Gasteiger partial charge on any atom is -0.493 e. The highest BCUT2D eigenvalue weighted by Gasteiger charge is 2.18. The molecule has 0 radical (unpaired) electrons. The Morgan fingerprint density at radius 3 is 2.72 bits per heavy atom. The van der Waals surface area contributed by atoms with Gasteiger partial charge in [-0.1, -0.05) is 36.9 Å². The van der Waals surface area contributed by atoms with Crippen LogP contribution in [0.25, 0.3) is 6.08 Å². The number of carbonyl (C=O) groups is 1. The summed E-state index contributed by atoms with van der Waals surface area (Å²) in [5.74, 6) is 0.823. The summed E-state index contributed by atoms with van der Waals surface area (Å²) in [6.07, 6.45) is 4.78. The number of para-hydroxylation sites is 1. The predicted molar refractivity (Wildman–Crippen MR) is 76.6 cm³/mol. The van der Waals surface area contributed by atoms with Gasteiger partial charge in [0.15, 0.2) is 0 Å². The molecule has 0 bridgehead atoms. The molecule has 0 atom stereocenters. The Morgan fingerprint density at radius 1 is 1.28 bits per heavy atom. The van der Waals surface area contributed by atoms with Crippen molar-refractivity contribution in [2.24, 2.45) is 0 Å². The molecule has 3 heteroatoms. The third-order valence-electron chi connectivity index (χ3n) is 2.65. The second-order valence-electron chi connectivity index (χ2n) is 3.92. The fourth-order valence-electron chi connectivity index (χ4n) is 1.77. The van der Waals surface area contributed by atoms with E-state index in [0.717, 1.165) is 28.2 Å². The quantitative estimate of drug-likeness (QED) is 0.764. The molecule has 0 aliphatic carbocycles. The van der Waals surface area contributed by atoms with Gasteiger partial charge in [-0.25, -0.2) is 0 Å². The topological polar surface area (TPSA) is 26.3 Å². The lowest BCUT2D eigenvalue weighted by molar-refractivity contribution is -0.107. The van der Waals surface area contributed by atoms with Crippen molar-refractivity contribution in [3.05, 3.63) is 46.4 Å². The van der Waals surface area contributed by atoms with Crippen LogP contribution in [0.4, 0.5) is 0 Å². The maximum Gasteiger partial charge on any atom is 0.223 e. The number of allylic oxidation sites excluding steroid dienone is 2. The smallest absolute Gasteiger partial charge is 0.223 e. The molecule has 0 unspecified atom stereocenters. The van der Waals surface area contributed by atoms with Crippen LogP contribution in [0.5, 0.6) is 5.75 Å². The maximum absolute atomic E-state index is 11.8. The van der Waals surface area contributed by atoms with Crippen molar-refractivity contribution >= 4 is 23.0 Å². The molecule has 1 aromatic rings. The molecule has 0 saturated heterocycles. The molecule has 2 rings (SSSR count). The molecule has 2 nitrogen and oxygen atoms in total. The second-order valence-corrected chi connectivity index (χ2v) is 5.02. The summed E-state index contributed by atoms with van der Waals surface area (Å²) in [7, 11) is 0. The van der Waals surface area contributed by atoms with E-state index in [9.17, 15) is 4.79 Å². The zero-order valence-electron chi connectivity index (χ0n) is 10.6. The molecule has 0 aromatic heterocycles. The first-order valence-corrected chi connectivity index (χ1v) is 6.92. The lowest BCUT2D eigenvalue weighted by atomic mass is 10.1. The van der Waals surface area contributed by atoms with Gasteiger partial charge in [-0.3, -0.25) is 4.79 Å². The fourth-order valence-corrected chi connectivity index (χ4v) is 2.57. The molecular formula is C15H16O2S. The Balaban J connectivity index is 2.33. The standard InChI is InChI=1S/C15H16O2S/c1-3-13-10-12(15(16)18-13)9-11-7-5-6-8-14(11)17-4-2/h5-10H,3-4H2,1-2H3/b12-9+. The molecule has 1 aromatic carbocycles. The molecular weight excluding hydrogens is 244 g/mol. The average Bonchev–Trinajstić information content (AvgIpc) is 2.73. The summed E-state index contributed by atoms with van der Waals surface area (Å²) in [6.45, 7) is 4.64. The molecule has 0 saturated carbocycles. The summed E-state index contributed by atoms with van der Waals surface area (Å²) < 4.78 is 5.55. The first-order chi connectivity index (χ1) is 8.74. The highest BCUT2D eigenvalue weighted by atomic mass is 32.2. The molecule has 0 amide bonds. The van der Waals surface area contributed by atoms with Crippen LogP contribution in [0.3, 0.4) is 0 Å². The Morgan fingerprint density at radius 2 is 2.06 bits per heavy atom. The van der Waals surface area contributed by atoms with Crippen LogP contribution < -0.4 is 4.74 Å². The zero-order valence-corrected chi connectivity index (χ0v) is 11.4. The van der Waals surface area contributed by atoms with Crippen LogP contribution in [0.2, 0.25) is 0 Å². The van der Waals surface area contributed by atoms with Gasteiger partial charge in [0.25, 0.3) is 0 Å². The predicted octanol–water partition coefficient (Wildman–Crippen LogP) is 4.04. The van der Waals surface area contributed by atoms with Gasteiger partial charge < -0.3 is 4.74 Å². The minimum atomic E-state index is 0.123. The first kappa shape index (κ1) is 13.0. The first-order valence-electron chi connectivity index (χ1n) is 6.10. The summed E-state index contributed by atoms with van der Waals surface area (Å²) in [6, 6.07) is 7.78. The zero-order chi connectivity index (χ0) is 13.0. The van der Waals surface area contributed by atoms with E-state index in [-0.39, 0.29) is 5.12 Å². The van der Waals surface area contributed by atoms with Gasteiger partial charge in [-0.2, -0.15) is 0 Å². The van der Waals surface area contributed by atoms with Gasteiger partial charge in [0, 0.05) is 11.1 Å². The average molecular weight is 260 g/mol. The lowest BCUT2D eigenvalue weighted by Crippen LogP contribution is -1.94. The molecule has 0 spiro atoms. The third-order valence-corrected chi connectivity index (χ3v) is 3.74. The van der Waals surface area contributed by atoms with E-state index in [2.05, 4.69) is 6.92 Å². The van der Waals surface area contributed by atoms with Crippen LogP contribution in [0.1, 0.15) is 25.8 Å². The van der Waals surface area contributed by atoms with E-state index in [0.29, 0.717) is 6.61 Å². The van der Waals surface area contributed by atoms with E-state index < -0.39 is 0 Å². The third kappa shape index (κ3) is 2.85. The number of thioether (sulfide) groups is 1. The molecule has 1 heterocycles. The van der Waals surface area contributed by atoms with Gasteiger partial charge in [0.2, 0.25) is 5.12 Å². The SMILES string of the molecule is CCOc1ccccc1/C=C1\C=C(CC)SC1=O.